The highest BCUT2D eigenvalue weighted by molar-refractivity contribution is 9.10. The smallest absolute Gasteiger partial charge is 0.222 e. The summed E-state index contributed by atoms with van der Waals surface area (Å²) in [5.41, 5.74) is 6.12. The SMILES string of the molecule is COC(CN)CC(=O)NCc1ccc(Br)c(F)c1. The number of carbonyl (C=O) groups excluding carboxylic acids is 1. The second-order valence-electron chi connectivity index (χ2n) is 3.82. The molecule has 0 spiro atoms. The lowest BCUT2D eigenvalue weighted by Crippen LogP contribution is -2.31. The van der Waals surface area contributed by atoms with Gasteiger partial charge in [0.15, 0.2) is 0 Å². The van der Waals surface area contributed by atoms with Crippen LogP contribution in [0.3, 0.4) is 0 Å². The topological polar surface area (TPSA) is 64.3 Å². The van der Waals surface area contributed by atoms with Gasteiger partial charge >= 0.3 is 0 Å². The van der Waals surface area contributed by atoms with Gasteiger partial charge in [-0.2, -0.15) is 0 Å². The maximum Gasteiger partial charge on any atom is 0.222 e. The fraction of sp³-hybridized carbons (Fsp3) is 0.417. The van der Waals surface area contributed by atoms with Crippen LogP contribution in [0.25, 0.3) is 0 Å². The minimum absolute atomic E-state index is 0.171. The second-order valence-corrected chi connectivity index (χ2v) is 4.68. The van der Waals surface area contributed by atoms with Crippen molar-refractivity contribution >= 4 is 21.8 Å². The van der Waals surface area contributed by atoms with Crippen molar-refractivity contribution in [3.63, 3.8) is 0 Å². The van der Waals surface area contributed by atoms with Gasteiger partial charge in [0.05, 0.1) is 17.0 Å². The van der Waals surface area contributed by atoms with E-state index in [-0.39, 0.29) is 37.3 Å². The van der Waals surface area contributed by atoms with Gasteiger partial charge in [-0.1, -0.05) is 6.07 Å². The third-order valence-corrected chi connectivity index (χ3v) is 3.13. The highest BCUT2D eigenvalue weighted by Gasteiger charge is 2.11. The molecule has 0 radical (unpaired) electrons. The third kappa shape index (κ3) is 4.72. The number of amides is 1. The zero-order chi connectivity index (χ0) is 13.5. The number of rotatable bonds is 6. The summed E-state index contributed by atoms with van der Waals surface area (Å²) < 4.78 is 18.6. The van der Waals surface area contributed by atoms with E-state index in [0.29, 0.717) is 10.0 Å². The van der Waals surface area contributed by atoms with Crippen molar-refractivity contribution in [1.82, 2.24) is 5.32 Å². The quantitative estimate of drug-likeness (QED) is 0.836. The van der Waals surface area contributed by atoms with E-state index in [1.54, 1.807) is 12.1 Å². The summed E-state index contributed by atoms with van der Waals surface area (Å²) >= 11 is 3.07. The molecule has 0 aliphatic carbocycles. The summed E-state index contributed by atoms with van der Waals surface area (Å²) in [5, 5.41) is 2.69. The van der Waals surface area contributed by atoms with Gasteiger partial charge < -0.3 is 15.8 Å². The van der Waals surface area contributed by atoms with Crippen LogP contribution >= 0.6 is 15.9 Å². The van der Waals surface area contributed by atoms with Gasteiger partial charge in [0.1, 0.15) is 5.82 Å². The monoisotopic (exact) mass is 318 g/mol. The standard InChI is InChI=1S/C12H16BrFN2O2/c1-18-9(6-15)5-12(17)16-7-8-2-3-10(13)11(14)4-8/h2-4,9H,5-7,15H2,1H3,(H,16,17). The number of hydrogen-bond acceptors (Lipinski definition) is 3. The van der Waals surface area contributed by atoms with Crippen molar-refractivity contribution in [3.8, 4) is 0 Å². The van der Waals surface area contributed by atoms with Gasteiger partial charge in [-0.3, -0.25) is 4.79 Å². The Morgan fingerprint density at radius 1 is 1.61 bits per heavy atom. The van der Waals surface area contributed by atoms with Crippen molar-refractivity contribution in [2.75, 3.05) is 13.7 Å². The zero-order valence-electron chi connectivity index (χ0n) is 10.1. The molecule has 6 heteroatoms. The molecule has 18 heavy (non-hydrogen) atoms. The summed E-state index contributed by atoms with van der Waals surface area (Å²) in [6.45, 7) is 0.570. The highest BCUT2D eigenvalue weighted by atomic mass is 79.9. The van der Waals surface area contributed by atoms with E-state index >= 15 is 0 Å². The van der Waals surface area contributed by atoms with E-state index in [2.05, 4.69) is 21.2 Å². The van der Waals surface area contributed by atoms with E-state index in [4.69, 9.17) is 10.5 Å². The first-order valence-electron chi connectivity index (χ1n) is 5.50. The number of halogens is 2. The molecule has 3 N–H and O–H groups in total. The average Bonchev–Trinajstić information content (AvgIpc) is 2.37. The van der Waals surface area contributed by atoms with Crippen LogP contribution in [0.4, 0.5) is 4.39 Å². The van der Waals surface area contributed by atoms with Gasteiger partial charge in [0.25, 0.3) is 0 Å². The van der Waals surface area contributed by atoms with Crippen LogP contribution in [0.15, 0.2) is 22.7 Å². The minimum Gasteiger partial charge on any atom is -0.380 e. The number of ether oxygens (including phenoxy) is 1. The normalized spacial score (nSPS) is 12.2. The Kier molecular flexibility index (Phi) is 6.24. The number of methoxy groups -OCH3 is 1. The molecular weight excluding hydrogens is 303 g/mol. The van der Waals surface area contributed by atoms with Crippen LogP contribution in [0.5, 0.6) is 0 Å². The first-order valence-corrected chi connectivity index (χ1v) is 6.29. The molecule has 4 nitrogen and oxygen atoms in total. The average molecular weight is 319 g/mol. The summed E-state index contributed by atoms with van der Waals surface area (Å²) in [6, 6.07) is 4.72. The van der Waals surface area contributed by atoms with E-state index in [1.165, 1.54) is 13.2 Å². The number of nitrogens with one attached hydrogen (secondary N) is 1. The first kappa shape index (κ1) is 15.1. The number of nitrogens with two attached hydrogens (primary N) is 1. The first-order chi connectivity index (χ1) is 8.56. The lowest BCUT2D eigenvalue weighted by Gasteiger charge is -2.12. The minimum atomic E-state index is -0.349. The summed E-state index contributed by atoms with van der Waals surface area (Å²) in [4.78, 5) is 11.5. The van der Waals surface area contributed by atoms with Gasteiger partial charge in [-0.05, 0) is 33.6 Å². The van der Waals surface area contributed by atoms with E-state index in [9.17, 15) is 9.18 Å². The Morgan fingerprint density at radius 2 is 2.33 bits per heavy atom. The van der Waals surface area contributed by atoms with Crippen LogP contribution in [0.2, 0.25) is 0 Å². The molecule has 1 rings (SSSR count). The molecule has 0 aromatic heterocycles. The molecule has 0 heterocycles. The summed E-state index contributed by atoms with van der Waals surface area (Å²) in [6.07, 6.45) is -0.0851. The molecule has 0 saturated heterocycles. The predicted molar refractivity (Wildman–Crippen MR) is 70.4 cm³/mol. The van der Waals surface area contributed by atoms with Crippen LogP contribution in [0, 0.1) is 5.82 Å². The number of hydrogen-bond donors (Lipinski definition) is 2. The maximum absolute atomic E-state index is 13.2. The Labute approximate surface area is 114 Å². The lowest BCUT2D eigenvalue weighted by atomic mass is 10.2. The fourth-order valence-electron chi connectivity index (χ4n) is 1.39. The Hall–Kier alpha value is -0.980. The molecule has 1 atom stereocenters. The van der Waals surface area contributed by atoms with Crippen LogP contribution in [-0.2, 0) is 16.1 Å². The van der Waals surface area contributed by atoms with Gasteiger partial charge in [0, 0.05) is 20.2 Å². The molecule has 100 valence electrons. The highest BCUT2D eigenvalue weighted by Crippen LogP contribution is 2.16. The van der Waals surface area contributed by atoms with Crippen LogP contribution in [0.1, 0.15) is 12.0 Å². The predicted octanol–water partition coefficient (Wildman–Crippen LogP) is 1.57. The summed E-state index contributed by atoms with van der Waals surface area (Å²) in [7, 11) is 1.51. The van der Waals surface area contributed by atoms with Gasteiger partial charge in [-0.15, -0.1) is 0 Å². The van der Waals surface area contributed by atoms with E-state index in [0.717, 1.165) is 0 Å². The van der Waals surface area contributed by atoms with Crippen molar-refractivity contribution in [2.24, 2.45) is 5.73 Å². The molecule has 0 fully saturated rings. The molecule has 0 saturated carbocycles. The van der Waals surface area contributed by atoms with Crippen molar-refractivity contribution < 1.29 is 13.9 Å². The number of benzene rings is 1. The van der Waals surface area contributed by atoms with Gasteiger partial charge in [-0.25, -0.2) is 4.39 Å². The molecule has 1 aromatic rings. The molecular formula is C12H16BrFN2O2. The van der Waals surface area contributed by atoms with Crippen LogP contribution < -0.4 is 11.1 Å². The third-order valence-electron chi connectivity index (χ3n) is 2.48. The van der Waals surface area contributed by atoms with E-state index < -0.39 is 0 Å². The molecule has 1 aromatic carbocycles. The van der Waals surface area contributed by atoms with Gasteiger partial charge in [0.2, 0.25) is 5.91 Å². The largest absolute Gasteiger partial charge is 0.380 e. The molecule has 1 unspecified atom stereocenters. The molecule has 1 amide bonds. The van der Waals surface area contributed by atoms with Crippen molar-refractivity contribution in [3.05, 3.63) is 34.1 Å². The number of carbonyl (C=O) groups is 1. The maximum atomic E-state index is 13.2. The van der Waals surface area contributed by atoms with Crippen molar-refractivity contribution in [2.45, 2.75) is 19.1 Å². The molecule has 0 bridgehead atoms. The zero-order valence-corrected chi connectivity index (χ0v) is 11.7. The Balaban J connectivity index is 2.44. The summed E-state index contributed by atoms with van der Waals surface area (Å²) in [5.74, 6) is -0.519. The molecule has 0 aliphatic rings. The van der Waals surface area contributed by atoms with E-state index in [1.807, 2.05) is 0 Å². The molecule has 0 aliphatic heterocycles. The Bertz CT molecular complexity index is 411. The second kappa shape index (κ2) is 7.45. The Morgan fingerprint density at radius 3 is 2.89 bits per heavy atom. The van der Waals surface area contributed by atoms with Crippen LogP contribution in [-0.4, -0.2) is 25.7 Å². The lowest BCUT2D eigenvalue weighted by molar-refractivity contribution is -0.123. The van der Waals surface area contributed by atoms with Crippen molar-refractivity contribution in [1.29, 1.82) is 0 Å². The fourth-order valence-corrected chi connectivity index (χ4v) is 1.64.